The highest BCUT2D eigenvalue weighted by molar-refractivity contribution is 5.99. The second kappa shape index (κ2) is 5.76. The molecule has 2 aliphatic rings. The van der Waals surface area contributed by atoms with Crippen molar-refractivity contribution in [3.63, 3.8) is 0 Å². The van der Waals surface area contributed by atoms with E-state index >= 15 is 0 Å². The second-order valence-corrected chi connectivity index (χ2v) is 6.98. The number of anilines is 1. The summed E-state index contributed by atoms with van der Waals surface area (Å²) in [5, 5.41) is 2.83. The smallest absolute Gasteiger partial charge is 0.410 e. The van der Waals surface area contributed by atoms with E-state index in [1.807, 2.05) is 39.0 Å². The van der Waals surface area contributed by atoms with Crippen molar-refractivity contribution in [2.24, 2.45) is 0 Å². The Morgan fingerprint density at radius 2 is 1.87 bits per heavy atom. The Hall–Kier alpha value is -2.24. The molecule has 2 heterocycles. The van der Waals surface area contributed by atoms with Crippen LogP contribution in [-0.4, -0.2) is 48.7 Å². The number of piperazine rings is 1. The van der Waals surface area contributed by atoms with Crippen LogP contribution in [0, 0.1) is 0 Å². The molecule has 6 nitrogen and oxygen atoms in total. The predicted molar refractivity (Wildman–Crippen MR) is 87.6 cm³/mol. The van der Waals surface area contributed by atoms with Gasteiger partial charge in [0.25, 0.3) is 5.91 Å². The van der Waals surface area contributed by atoms with Crippen LogP contribution in [-0.2, 0) is 11.3 Å². The largest absolute Gasteiger partial charge is 0.444 e. The first-order chi connectivity index (χ1) is 10.8. The van der Waals surface area contributed by atoms with Crippen molar-refractivity contribution < 1.29 is 14.3 Å². The molecule has 6 heteroatoms. The van der Waals surface area contributed by atoms with Crippen molar-refractivity contribution >= 4 is 17.7 Å². The third-order valence-corrected chi connectivity index (χ3v) is 4.07. The van der Waals surface area contributed by atoms with E-state index in [1.165, 1.54) is 0 Å². The van der Waals surface area contributed by atoms with Gasteiger partial charge in [0.05, 0.1) is 0 Å². The lowest BCUT2D eigenvalue weighted by molar-refractivity contribution is 0.0240. The Kier molecular flexibility index (Phi) is 3.92. The van der Waals surface area contributed by atoms with Gasteiger partial charge in [-0.15, -0.1) is 0 Å². The van der Waals surface area contributed by atoms with E-state index in [0.717, 1.165) is 29.9 Å². The second-order valence-electron chi connectivity index (χ2n) is 6.98. The number of carbonyl (C=O) groups is 2. The van der Waals surface area contributed by atoms with Gasteiger partial charge < -0.3 is 19.9 Å². The normalized spacial score (nSPS) is 17.8. The average molecular weight is 317 g/mol. The van der Waals surface area contributed by atoms with Crippen molar-refractivity contribution in [2.75, 3.05) is 31.1 Å². The molecule has 1 N–H and O–H groups in total. The van der Waals surface area contributed by atoms with Crippen LogP contribution in [0.5, 0.6) is 0 Å². The minimum Gasteiger partial charge on any atom is -0.444 e. The summed E-state index contributed by atoms with van der Waals surface area (Å²) in [4.78, 5) is 27.8. The fourth-order valence-electron chi connectivity index (χ4n) is 2.87. The van der Waals surface area contributed by atoms with Crippen molar-refractivity contribution in [3.05, 3.63) is 29.3 Å². The third-order valence-electron chi connectivity index (χ3n) is 4.07. The van der Waals surface area contributed by atoms with E-state index in [4.69, 9.17) is 4.74 Å². The van der Waals surface area contributed by atoms with E-state index < -0.39 is 5.60 Å². The van der Waals surface area contributed by atoms with Gasteiger partial charge >= 0.3 is 6.09 Å². The summed E-state index contributed by atoms with van der Waals surface area (Å²) in [5.74, 6) is -0.00533. The van der Waals surface area contributed by atoms with Crippen LogP contribution in [0.2, 0.25) is 0 Å². The zero-order chi connectivity index (χ0) is 16.6. The molecule has 124 valence electrons. The summed E-state index contributed by atoms with van der Waals surface area (Å²) in [6, 6.07) is 5.99. The summed E-state index contributed by atoms with van der Waals surface area (Å²) in [5.41, 5.74) is 2.37. The van der Waals surface area contributed by atoms with Crippen molar-refractivity contribution in [1.29, 1.82) is 0 Å². The van der Waals surface area contributed by atoms with Gasteiger partial charge in [-0.1, -0.05) is 6.07 Å². The molecule has 2 amide bonds. The van der Waals surface area contributed by atoms with Gasteiger partial charge in [0.2, 0.25) is 0 Å². The minimum absolute atomic E-state index is 0.00533. The molecule has 0 spiro atoms. The average Bonchev–Trinajstić information content (AvgIpc) is 2.87. The van der Waals surface area contributed by atoms with Gasteiger partial charge in [-0.3, -0.25) is 4.79 Å². The maximum atomic E-state index is 12.1. The van der Waals surface area contributed by atoms with E-state index in [1.54, 1.807) is 4.90 Å². The van der Waals surface area contributed by atoms with Crippen molar-refractivity contribution in [1.82, 2.24) is 10.2 Å². The first-order valence-electron chi connectivity index (χ1n) is 7.97. The van der Waals surface area contributed by atoms with E-state index in [2.05, 4.69) is 10.2 Å². The Balaban J connectivity index is 1.62. The van der Waals surface area contributed by atoms with Gasteiger partial charge in [0.15, 0.2) is 0 Å². The molecule has 1 saturated heterocycles. The summed E-state index contributed by atoms with van der Waals surface area (Å²) in [6.45, 7) is 8.95. The number of nitrogens with zero attached hydrogens (tertiary/aromatic N) is 2. The summed E-state index contributed by atoms with van der Waals surface area (Å²) >= 11 is 0. The van der Waals surface area contributed by atoms with Crippen LogP contribution < -0.4 is 10.2 Å². The molecule has 0 aliphatic carbocycles. The zero-order valence-corrected chi connectivity index (χ0v) is 13.9. The lowest BCUT2D eigenvalue weighted by atomic mass is 10.1. The number of rotatable bonds is 1. The minimum atomic E-state index is -0.471. The fourth-order valence-corrected chi connectivity index (χ4v) is 2.87. The van der Waals surface area contributed by atoms with E-state index in [9.17, 15) is 9.59 Å². The molecular weight excluding hydrogens is 294 g/mol. The third kappa shape index (κ3) is 3.41. The van der Waals surface area contributed by atoms with Crippen LogP contribution in [0.1, 0.15) is 36.7 Å². The lowest BCUT2D eigenvalue weighted by Gasteiger charge is -2.36. The molecule has 3 rings (SSSR count). The van der Waals surface area contributed by atoms with Crippen molar-refractivity contribution in [2.45, 2.75) is 32.9 Å². The molecule has 0 radical (unpaired) electrons. The highest BCUT2D eigenvalue weighted by Crippen LogP contribution is 2.24. The number of hydrogen-bond donors (Lipinski definition) is 1. The summed E-state index contributed by atoms with van der Waals surface area (Å²) < 4.78 is 5.41. The molecule has 2 aliphatic heterocycles. The number of carbonyl (C=O) groups excluding carboxylic acids is 2. The molecule has 23 heavy (non-hydrogen) atoms. The molecule has 1 aromatic rings. The first kappa shape index (κ1) is 15.6. The standard InChI is InChI=1S/C17H23N3O3/c1-17(2,3)23-16(22)20-8-6-19(7-9-20)13-5-4-12-11-18-15(21)14(12)10-13/h4-5,10H,6-9,11H2,1-3H3,(H,18,21). The van der Waals surface area contributed by atoms with Gasteiger partial charge in [0, 0.05) is 44.0 Å². The molecule has 1 aromatic carbocycles. The zero-order valence-electron chi connectivity index (χ0n) is 13.9. The van der Waals surface area contributed by atoms with Crippen LogP contribution in [0.3, 0.4) is 0 Å². The molecular formula is C17H23N3O3. The quantitative estimate of drug-likeness (QED) is 0.860. The number of amides is 2. The maximum absolute atomic E-state index is 12.1. The number of nitrogens with one attached hydrogen (secondary N) is 1. The molecule has 0 aromatic heterocycles. The summed E-state index contributed by atoms with van der Waals surface area (Å²) in [6.07, 6.45) is -0.259. The van der Waals surface area contributed by atoms with E-state index in [-0.39, 0.29) is 12.0 Å². The molecule has 0 atom stereocenters. The SMILES string of the molecule is CC(C)(C)OC(=O)N1CCN(c2ccc3c(c2)C(=O)NC3)CC1. The van der Waals surface area contributed by atoms with Crippen LogP contribution >= 0.6 is 0 Å². The first-order valence-corrected chi connectivity index (χ1v) is 7.97. The van der Waals surface area contributed by atoms with Crippen molar-refractivity contribution in [3.8, 4) is 0 Å². The Bertz CT molecular complexity index is 628. The molecule has 0 unspecified atom stereocenters. The molecule has 1 fully saturated rings. The van der Waals surface area contributed by atoms with Crippen LogP contribution in [0.25, 0.3) is 0 Å². The number of hydrogen-bond acceptors (Lipinski definition) is 4. The Morgan fingerprint density at radius 3 is 2.52 bits per heavy atom. The summed E-state index contributed by atoms with van der Waals surface area (Å²) in [7, 11) is 0. The lowest BCUT2D eigenvalue weighted by Crippen LogP contribution is -2.50. The monoisotopic (exact) mass is 317 g/mol. The number of fused-ring (bicyclic) bond motifs is 1. The van der Waals surface area contributed by atoms with E-state index in [0.29, 0.717) is 19.6 Å². The molecule has 0 saturated carbocycles. The van der Waals surface area contributed by atoms with Gasteiger partial charge in [-0.25, -0.2) is 4.79 Å². The Morgan fingerprint density at radius 1 is 1.17 bits per heavy atom. The topological polar surface area (TPSA) is 61.9 Å². The molecule has 0 bridgehead atoms. The van der Waals surface area contributed by atoms with Gasteiger partial charge in [0.1, 0.15) is 5.60 Å². The van der Waals surface area contributed by atoms with Gasteiger partial charge in [-0.05, 0) is 38.5 Å². The highest BCUT2D eigenvalue weighted by Gasteiger charge is 2.27. The fraction of sp³-hybridized carbons (Fsp3) is 0.529. The van der Waals surface area contributed by atoms with Crippen LogP contribution in [0.15, 0.2) is 18.2 Å². The number of ether oxygens (including phenoxy) is 1. The van der Waals surface area contributed by atoms with Gasteiger partial charge in [-0.2, -0.15) is 0 Å². The van der Waals surface area contributed by atoms with Crippen LogP contribution in [0.4, 0.5) is 10.5 Å². The number of benzene rings is 1. The maximum Gasteiger partial charge on any atom is 0.410 e. The Labute approximate surface area is 136 Å². The predicted octanol–water partition coefficient (Wildman–Crippen LogP) is 1.99. The highest BCUT2D eigenvalue weighted by atomic mass is 16.6.